The number of benzene rings is 1. The lowest BCUT2D eigenvalue weighted by Crippen LogP contribution is -2.38. The molecule has 6 nitrogen and oxygen atoms in total. The average molecular weight is 316 g/mol. The second kappa shape index (κ2) is 6.50. The highest BCUT2D eigenvalue weighted by molar-refractivity contribution is 6.21. The number of aliphatic carboxylic acids is 1. The maximum absolute atomic E-state index is 12.2. The van der Waals surface area contributed by atoms with Crippen LogP contribution in [0.25, 0.3) is 0 Å². The van der Waals surface area contributed by atoms with Crippen LogP contribution in [0.1, 0.15) is 40.0 Å². The van der Waals surface area contributed by atoms with E-state index in [-0.39, 0.29) is 17.7 Å². The molecule has 0 unspecified atom stereocenters. The van der Waals surface area contributed by atoms with Gasteiger partial charge in [0.15, 0.2) is 0 Å². The van der Waals surface area contributed by atoms with E-state index in [4.69, 9.17) is 5.11 Å². The van der Waals surface area contributed by atoms with Crippen molar-refractivity contribution in [3.8, 4) is 0 Å². The van der Waals surface area contributed by atoms with Gasteiger partial charge >= 0.3 is 5.97 Å². The van der Waals surface area contributed by atoms with Crippen LogP contribution in [0, 0.1) is 5.92 Å². The molecule has 2 aliphatic heterocycles. The van der Waals surface area contributed by atoms with Crippen molar-refractivity contribution in [1.29, 1.82) is 0 Å². The fourth-order valence-electron chi connectivity index (χ4n) is 3.30. The fourth-order valence-corrected chi connectivity index (χ4v) is 3.30. The maximum Gasteiger partial charge on any atom is 0.306 e. The number of hydrogen-bond donors (Lipinski definition) is 1. The maximum atomic E-state index is 12.2. The molecule has 1 N–H and O–H groups in total. The summed E-state index contributed by atoms with van der Waals surface area (Å²) in [6, 6.07) is 6.90. The largest absolute Gasteiger partial charge is 0.481 e. The highest BCUT2D eigenvalue weighted by Crippen LogP contribution is 2.23. The van der Waals surface area contributed by atoms with Crippen LogP contribution >= 0.6 is 0 Å². The third kappa shape index (κ3) is 3.12. The summed E-state index contributed by atoms with van der Waals surface area (Å²) in [6.07, 6.45) is 2.05. The van der Waals surface area contributed by atoms with E-state index in [0.29, 0.717) is 36.9 Å². The van der Waals surface area contributed by atoms with Crippen molar-refractivity contribution in [3.63, 3.8) is 0 Å². The molecule has 0 atom stereocenters. The van der Waals surface area contributed by atoms with E-state index >= 15 is 0 Å². The number of carbonyl (C=O) groups is 3. The van der Waals surface area contributed by atoms with Crippen molar-refractivity contribution in [3.05, 3.63) is 35.4 Å². The smallest absolute Gasteiger partial charge is 0.306 e. The average Bonchev–Trinajstić information content (AvgIpc) is 2.81. The van der Waals surface area contributed by atoms with Gasteiger partial charge in [0.25, 0.3) is 11.8 Å². The Labute approximate surface area is 134 Å². The molecule has 23 heavy (non-hydrogen) atoms. The Morgan fingerprint density at radius 2 is 1.61 bits per heavy atom. The molecule has 0 radical (unpaired) electrons. The number of rotatable bonds is 5. The highest BCUT2D eigenvalue weighted by atomic mass is 16.4. The van der Waals surface area contributed by atoms with E-state index in [0.717, 1.165) is 19.6 Å². The summed E-state index contributed by atoms with van der Waals surface area (Å²) in [5, 5.41) is 8.99. The number of hydrogen-bond acceptors (Lipinski definition) is 4. The number of carboxylic acid groups (broad SMARTS) is 1. The molecule has 0 bridgehead atoms. The van der Waals surface area contributed by atoms with Gasteiger partial charge in [0.05, 0.1) is 17.0 Å². The van der Waals surface area contributed by atoms with Gasteiger partial charge in [0.2, 0.25) is 0 Å². The Morgan fingerprint density at radius 3 is 2.13 bits per heavy atom. The summed E-state index contributed by atoms with van der Waals surface area (Å²) < 4.78 is 0. The molecule has 6 heteroatoms. The van der Waals surface area contributed by atoms with Crippen molar-refractivity contribution >= 4 is 17.8 Å². The van der Waals surface area contributed by atoms with Crippen LogP contribution in [0.3, 0.4) is 0 Å². The number of carbonyl (C=O) groups excluding carboxylic acids is 2. The van der Waals surface area contributed by atoms with Crippen molar-refractivity contribution in [2.75, 3.05) is 26.2 Å². The van der Waals surface area contributed by atoms with Crippen LogP contribution in [0.2, 0.25) is 0 Å². The molecule has 1 fully saturated rings. The first kappa shape index (κ1) is 15.7. The van der Waals surface area contributed by atoms with Crippen molar-refractivity contribution < 1.29 is 19.5 Å². The molecule has 3 rings (SSSR count). The van der Waals surface area contributed by atoms with Crippen LogP contribution in [0.5, 0.6) is 0 Å². The normalized spacial score (nSPS) is 19.2. The summed E-state index contributed by atoms with van der Waals surface area (Å²) in [6.45, 7) is 2.71. The van der Waals surface area contributed by atoms with Crippen molar-refractivity contribution in [2.24, 2.45) is 5.92 Å². The van der Waals surface area contributed by atoms with Gasteiger partial charge in [0.1, 0.15) is 0 Å². The molecule has 1 aromatic rings. The molecular weight excluding hydrogens is 296 g/mol. The van der Waals surface area contributed by atoms with Gasteiger partial charge in [-0.15, -0.1) is 0 Å². The lowest BCUT2D eigenvalue weighted by molar-refractivity contribution is -0.143. The Balaban J connectivity index is 1.48. The molecule has 0 aliphatic carbocycles. The Morgan fingerprint density at radius 1 is 1.04 bits per heavy atom. The Hall–Kier alpha value is -2.21. The zero-order valence-corrected chi connectivity index (χ0v) is 12.9. The zero-order valence-electron chi connectivity index (χ0n) is 12.9. The summed E-state index contributed by atoms with van der Waals surface area (Å²) in [5.74, 6) is -1.37. The first-order valence-corrected chi connectivity index (χ1v) is 7.98. The van der Waals surface area contributed by atoms with Crippen molar-refractivity contribution in [1.82, 2.24) is 9.80 Å². The van der Waals surface area contributed by atoms with E-state index in [1.807, 2.05) is 0 Å². The molecule has 2 amide bonds. The first-order chi connectivity index (χ1) is 11.1. The summed E-state index contributed by atoms with van der Waals surface area (Å²) >= 11 is 0. The SMILES string of the molecule is O=C(O)C1CCN(CCCN2C(=O)c3ccccc3C2=O)CC1. The number of carboxylic acids is 1. The van der Waals surface area contributed by atoms with Gasteiger partial charge in [-0.3, -0.25) is 19.3 Å². The third-order valence-electron chi connectivity index (χ3n) is 4.67. The summed E-state index contributed by atoms with van der Waals surface area (Å²) in [7, 11) is 0. The topological polar surface area (TPSA) is 77.9 Å². The Bertz CT molecular complexity index is 600. The molecule has 2 aliphatic rings. The molecular formula is C17H20N2O4. The molecule has 1 aromatic carbocycles. The van der Waals surface area contributed by atoms with Crippen LogP contribution in [0.4, 0.5) is 0 Å². The number of amides is 2. The minimum atomic E-state index is -0.712. The number of imide groups is 1. The minimum Gasteiger partial charge on any atom is -0.481 e. The van der Waals surface area contributed by atoms with E-state index < -0.39 is 5.97 Å². The molecule has 2 heterocycles. The standard InChI is InChI=1S/C17H20N2O4/c20-15-13-4-1-2-5-14(13)16(21)19(15)9-3-8-18-10-6-12(7-11-18)17(22)23/h1-2,4-5,12H,3,6-11H2,(H,22,23). The second-order valence-electron chi connectivity index (χ2n) is 6.12. The number of piperidine rings is 1. The summed E-state index contributed by atoms with van der Waals surface area (Å²) in [5.41, 5.74) is 0.972. The third-order valence-corrected chi connectivity index (χ3v) is 4.67. The molecule has 0 saturated carbocycles. The van der Waals surface area contributed by atoms with E-state index in [9.17, 15) is 14.4 Å². The Kier molecular flexibility index (Phi) is 4.43. The quantitative estimate of drug-likeness (QED) is 0.832. The highest BCUT2D eigenvalue weighted by Gasteiger charge is 2.34. The zero-order chi connectivity index (χ0) is 16.4. The van der Waals surface area contributed by atoms with E-state index in [1.54, 1.807) is 24.3 Å². The lowest BCUT2D eigenvalue weighted by Gasteiger charge is -2.30. The number of fused-ring (bicyclic) bond motifs is 1. The van der Waals surface area contributed by atoms with Crippen LogP contribution < -0.4 is 0 Å². The van der Waals surface area contributed by atoms with Gasteiger partial charge in [-0.05, 0) is 51.0 Å². The molecule has 1 saturated heterocycles. The predicted octanol–water partition coefficient (Wildman–Crippen LogP) is 1.47. The van der Waals surface area contributed by atoms with Gasteiger partial charge in [0, 0.05) is 6.54 Å². The van der Waals surface area contributed by atoms with Crippen LogP contribution in [-0.2, 0) is 4.79 Å². The fraction of sp³-hybridized carbons (Fsp3) is 0.471. The first-order valence-electron chi connectivity index (χ1n) is 7.98. The van der Waals surface area contributed by atoms with Crippen LogP contribution in [0.15, 0.2) is 24.3 Å². The van der Waals surface area contributed by atoms with Gasteiger partial charge in [-0.2, -0.15) is 0 Å². The monoisotopic (exact) mass is 316 g/mol. The van der Waals surface area contributed by atoms with Gasteiger partial charge in [-0.1, -0.05) is 12.1 Å². The molecule has 0 spiro atoms. The predicted molar refractivity (Wildman–Crippen MR) is 83.2 cm³/mol. The van der Waals surface area contributed by atoms with Crippen LogP contribution in [-0.4, -0.2) is 58.9 Å². The molecule has 0 aromatic heterocycles. The number of nitrogens with zero attached hydrogens (tertiary/aromatic N) is 2. The summed E-state index contributed by atoms with van der Waals surface area (Å²) in [4.78, 5) is 38.9. The van der Waals surface area contributed by atoms with E-state index in [1.165, 1.54) is 4.90 Å². The van der Waals surface area contributed by atoms with E-state index in [2.05, 4.69) is 4.90 Å². The van der Waals surface area contributed by atoms with Crippen molar-refractivity contribution in [2.45, 2.75) is 19.3 Å². The second-order valence-corrected chi connectivity index (χ2v) is 6.12. The lowest BCUT2D eigenvalue weighted by atomic mass is 9.97. The number of likely N-dealkylation sites (tertiary alicyclic amines) is 1. The minimum absolute atomic E-state index is 0.213. The van der Waals surface area contributed by atoms with Gasteiger partial charge < -0.3 is 10.0 Å². The molecule has 122 valence electrons. The van der Waals surface area contributed by atoms with Gasteiger partial charge in [-0.25, -0.2) is 0 Å².